The Morgan fingerprint density at radius 3 is 2.27 bits per heavy atom. The monoisotopic (exact) mass is 562 g/mol. The van der Waals surface area contributed by atoms with Crippen molar-refractivity contribution < 1.29 is 18.0 Å². The maximum Gasteiger partial charge on any atom is 0.416 e. The van der Waals surface area contributed by atoms with Crippen molar-refractivity contribution >= 4 is 23.4 Å². The van der Waals surface area contributed by atoms with Gasteiger partial charge in [0, 0.05) is 61.4 Å². The van der Waals surface area contributed by atoms with E-state index >= 15 is 0 Å². The molecular formula is C33H37F3N4O. The molecule has 3 aromatic rings. The van der Waals surface area contributed by atoms with E-state index in [9.17, 15) is 18.0 Å². The summed E-state index contributed by atoms with van der Waals surface area (Å²) in [5, 5.41) is 3.09. The molecule has 1 aliphatic heterocycles. The van der Waals surface area contributed by atoms with E-state index in [-0.39, 0.29) is 11.8 Å². The van der Waals surface area contributed by atoms with Gasteiger partial charge in [0.25, 0.3) is 0 Å². The molecule has 1 atom stereocenters. The van der Waals surface area contributed by atoms with E-state index in [0.717, 1.165) is 55.0 Å². The predicted octanol–water partition coefficient (Wildman–Crippen LogP) is 7.22. The lowest BCUT2D eigenvalue weighted by atomic mass is 9.87. The highest BCUT2D eigenvalue weighted by atomic mass is 19.4. The summed E-state index contributed by atoms with van der Waals surface area (Å²) >= 11 is 0. The van der Waals surface area contributed by atoms with Crippen LogP contribution in [0.25, 0.3) is 6.08 Å². The van der Waals surface area contributed by atoms with Crippen LogP contribution in [0.4, 0.5) is 24.5 Å². The molecular weight excluding hydrogens is 525 g/mol. The third kappa shape index (κ3) is 7.36. The van der Waals surface area contributed by atoms with Crippen LogP contribution in [0.5, 0.6) is 0 Å². The second kappa shape index (κ2) is 12.9. The molecule has 2 fully saturated rings. The summed E-state index contributed by atoms with van der Waals surface area (Å²) in [4.78, 5) is 22.3. The summed E-state index contributed by atoms with van der Waals surface area (Å²) in [6.45, 7) is 2.21. The van der Waals surface area contributed by atoms with Crippen molar-refractivity contribution in [1.82, 2.24) is 15.2 Å². The first-order valence-corrected chi connectivity index (χ1v) is 14.4. The maximum atomic E-state index is 13.6. The van der Waals surface area contributed by atoms with Gasteiger partial charge in [0.05, 0.1) is 5.56 Å². The molecule has 5 nitrogen and oxygen atoms in total. The molecule has 1 aromatic heterocycles. The van der Waals surface area contributed by atoms with Gasteiger partial charge in [-0.3, -0.25) is 14.7 Å². The molecule has 1 amide bonds. The Labute approximate surface area is 240 Å². The van der Waals surface area contributed by atoms with Gasteiger partial charge >= 0.3 is 6.18 Å². The van der Waals surface area contributed by atoms with Gasteiger partial charge in [0.2, 0.25) is 5.91 Å². The van der Waals surface area contributed by atoms with E-state index in [4.69, 9.17) is 0 Å². The number of hydrogen-bond acceptors (Lipinski definition) is 4. The number of aromatic nitrogens is 1. The molecule has 0 radical (unpaired) electrons. The van der Waals surface area contributed by atoms with Gasteiger partial charge in [0.15, 0.2) is 0 Å². The zero-order chi connectivity index (χ0) is 28.8. The number of hydrogen-bond donors (Lipinski definition) is 1. The largest absolute Gasteiger partial charge is 0.416 e. The standard InChI is InChI=1S/C33H37F3N4O/c1-39(29-16-18-37-19-17-29)28-14-10-25(11-15-28)22-38-32(41)31(21-24-8-12-27(13-9-24)33(34,35)36)26-5-4-20-40(23-26)30-6-2-3-7-30/h8-19,21,26,30H,2-7,20,22-23H2,1H3,(H,38,41)/t26-/m0/s1. The number of likely N-dealkylation sites (tertiary alicyclic amines) is 1. The number of carbonyl (C=O) groups is 1. The van der Waals surface area contributed by atoms with Crippen LogP contribution in [0.3, 0.4) is 0 Å². The molecule has 5 rings (SSSR count). The molecule has 2 heterocycles. The Morgan fingerprint density at radius 2 is 1.61 bits per heavy atom. The average Bonchev–Trinajstić information content (AvgIpc) is 3.54. The first-order chi connectivity index (χ1) is 19.8. The molecule has 1 N–H and O–H groups in total. The molecule has 2 aromatic carbocycles. The van der Waals surface area contributed by atoms with Crippen LogP contribution in [0.2, 0.25) is 0 Å². The van der Waals surface area contributed by atoms with Crippen molar-refractivity contribution in [2.24, 2.45) is 5.92 Å². The van der Waals surface area contributed by atoms with Gasteiger partial charge in [-0.15, -0.1) is 0 Å². The summed E-state index contributed by atoms with van der Waals surface area (Å²) < 4.78 is 39.4. The molecule has 8 heteroatoms. The lowest BCUT2D eigenvalue weighted by Gasteiger charge is -2.37. The lowest BCUT2D eigenvalue weighted by Crippen LogP contribution is -2.43. The molecule has 1 saturated heterocycles. The summed E-state index contributed by atoms with van der Waals surface area (Å²) in [6, 6.07) is 17.5. The third-order valence-electron chi connectivity index (χ3n) is 8.38. The van der Waals surface area contributed by atoms with Crippen LogP contribution >= 0.6 is 0 Å². The quantitative estimate of drug-likeness (QED) is 0.295. The van der Waals surface area contributed by atoms with Gasteiger partial charge in [-0.05, 0) is 85.8 Å². The molecule has 216 valence electrons. The fourth-order valence-electron chi connectivity index (χ4n) is 6.02. The summed E-state index contributed by atoms with van der Waals surface area (Å²) in [7, 11) is 1.99. The molecule has 1 saturated carbocycles. The van der Waals surface area contributed by atoms with Crippen molar-refractivity contribution in [1.29, 1.82) is 0 Å². The van der Waals surface area contributed by atoms with Gasteiger partial charge in [-0.25, -0.2) is 0 Å². The van der Waals surface area contributed by atoms with E-state index in [0.29, 0.717) is 23.7 Å². The van der Waals surface area contributed by atoms with Crippen LogP contribution in [0, 0.1) is 5.92 Å². The highest BCUT2D eigenvalue weighted by Gasteiger charge is 2.32. The lowest BCUT2D eigenvalue weighted by molar-refractivity contribution is -0.137. The number of halogens is 3. The number of pyridine rings is 1. The number of carbonyl (C=O) groups excluding carboxylic acids is 1. The SMILES string of the molecule is CN(c1ccncc1)c1ccc(CNC(=O)C(=Cc2ccc(C(F)(F)F)cc2)[C@H]2CCCN(C3CCCC3)C2)cc1. The summed E-state index contributed by atoms with van der Waals surface area (Å²) in [5.74, 6) is -0.135. The number of piperidine rings is 1. The van der Waals surface area contributed by atoms with Crippen molar-refractivity contribution in [2.75, 3.05) is 25.0 Å². The zero-order valence-corrected chi connectivity index (χ0v) is 23.4. The number of benzene rings is 2. The average molecular weight is 563 g/mol. The summed E-state index contributed by atoms with van der Waals surface area (Å²) in [6.07, 6.45) is 7.68. The first-order valence-electron chi connectivity index (χ1n) is 14.4. The second-order valence-electron chi connectivity index (χ2n) is 11.1. The molecule has 0 bridgehead atoms. The van der Waals surface area contributed by atoms with Gasteiger partial charge in [0.1, 0.15) is 0 Å². The number of nitrogens with one attached hydrogen (secondary N) is 1. The van der Waals surface area contributed by atoms with Crippen LogP contribution in [0.15, 0.2) is 78.6 Å². The minimum absolute atomic E-state index is 0.0306. The number of amides is 1. The Kier molecular flexibility index (Phi) is 9.08. The van der Waals surface area contributed by atoms with Crippen molar-refractivity contribution in [2.45, 2.75) is 57.3 Å². The van der Waals surface area contributed by atoms with Gasteiger partial charge in [-0.1, -0.05) is 37.1 Å². The highest BCUT2D eigenvalue weighted by molar-refractivity contribution is 5.98. The molecule has 0 spiro atoms. The van der Waals surface area contributed by atoms with Crippen molar-refractivity contribution in [3.05, 3.63) is 95.3 Å². The topological polar surface area (TPSA) is 48.5 Å². The van der Waals surface area contributed by atoms with Crippen molar-refractivity contribution in [3.8, 4) is 0 Å². The number of anilines is 2. The Bertz CT molecular complexity index is 1320. The fourth-order valence-corrected chi connectivity index (χ4v) is 6.02. The maximum absolute atomic E-state index is 13.6. The van der Waals surface area contributed by atoms with Crippen LogP contribution in [0.1, 0.15) is 55.2 Å². The minimum atomic E-state index is -4.39. The number of alkyl halides is 3. The smallest absolute Gasteiger partial charge is 0.348 e. The Hall–Kier alpha value is -3.65. The molecule has 41 heavy (non-hydrogen) atoms. The highest BCUT2D eigenvalue weighted by Crippen LogP contribution is 2.33. The third-order valence-corrected chi connectivity index (χ3v) is 8.38. The van der Waals surface area contributed by atoms with E-state index in [1.807, 2.05) is 43.4 Å². The van der Waals surface area contributed by atoms with Gasteiger partial charge in [-0.2, -0.15) is 13.2 Å². The van der Waals surface area contributed by atoms with Crippen LogP contribution in [-0.4, -0.2) is 42.0 Å². The van der Waals surface area contributed by atoms with Crippen LogP contribution in [-0.2, 0) is 17.5 Å². The Balaban J connectivity index is 1.31. The van der Waals surface area contributed by atoms with E-state index in [1.54, 1.807) is 18.5 Å². The second-order valence-corrected chi connectivity index (χ2v) is 11.1. The predicted molar refractivity (Wildman–Crippen MR) is 157 cm³/mol. The summed E-state index contributed by atoms with van der Waals surface area (Å²) in [5.41, 5.74) is 3.56. The minimum Gasteiger partial charge on any atom is -0.348 e. The first kappa shape index (κ1) is 28.9. The fraction of sp³-hybridized carbons (Fsp3) is 0.394. The molecule has 2 aliphatic rings. The number of nitrogens with zero attached hydrogens (tertiary/aromatic N) is 3. The molecule has 0 unspecified atom stereocenters. The van der Waals surface area contributed by atoms with Gasteiger partial charge < -0.3 is 10.2 Å². The normalized spacial score (nSPS) is 18.8. The molecule has 1 aliphatic carbocycles. The van der Waals surface area contributed by atoms with E-state index in [1.165, 1.54) is 37.8 Å². The number of rotatable bonds is 8. The zero-order valence-electron chi connectivity index (χ0n) is 23.4. The van der Waals surface area contributed by atoms with E-state index in [2.05, 4.69) is 20.1 Å². The van der Waals surface area contributed by atoms with Crippen molar-refractivity contribution in [3.63, 3.8) is 0 Å². The van der Waals surface area contributed by atoms with E-state index < -0.39 is 11.7 Å². The Morgan fingerprint density at radius 1 is 0.951 bits per heavy atom. The van der Waals surface area contributed by atoms with Crippen LogP contribution < -0.4 is 10.2 Å².